The Hall–Kier alpha value is -4.34. The molecule has 1 aliphatic rings. The number of carboxylic acids is 1. The SMILES string of the molecule is Cc1cccc(C)c1-c1cc(F)c(F)c([C@H](CC(=O)O)N2C(=O)[C@@H](NC(=O)c3c(C)ccn(C)c3=O)CC2C)c1. The number of aliphatic carboxylic acids is 1. The third-order valence-electron chi connectivity index (χ3n) is 7.50. The second-order valence-electron chi connectivity index (χ2n) is 10.4. The molecule has 0 radical (unpaired) electrons. The molecule has 1 aliphatic heterocycles. The van der Waals surface area contributed by atoms with E-state index in [2.05, 4.69) is 5.32 Å². The first-order chi connectivity index (χ1) is 18.8. The summed E-state index contributed by atoms with van der Waals surface area (Å²) in [5.41, 5.74) is 2.21. The Balaban J connectivity index is 1.74. The third-order valence-corrected chi connectivity index (χ3v) is 7.50. The summed E-state index contributed by atoms with van der Waals surface area (Å²) < 4.78 is 31.6. The maximum absolute atomic E-state index is 15.3. The van der Waals surface area contributed by atoms with Crippen molar-refractivity contribution in [3.63, 3.8) is 0 Å². The second kappa shape index (κ2) is 11.0. The zero-order chi connectivity index (χ0) is 29.5. The van der Waals surface area contributed by atoms with Crippen LogP contribution >= 0.6 is 0 Å². The molecule has 2 heterocycles. The Kier molecular flexibility index (Phi) is 7.91. The Labute approximate surface area is 230 Å². The predicted molar refractivity (Wildman–Crippen MR) is 145 cm³/mol. The topological polar surface area (TPSA) is 109 Å². The Morgan fingerprint density at radius 3 is 2.35 bits per heavy atom. The second-order valence-corrected chi connectivity index (χ2v) is 10.4. The van der Waals surface area contributed by atoms with Crippen LogP contribution in [0, 0.1) is 32.4 Å². The molecule has 3 atom stereocenters. The summed E-state index contributed by atoms with van der Waals surface area (Å²) in [4.78, 5) is 52.3. The lowest BCUT2D eigenvalue weighted by Gasteiger charge is -2.32. The average Bonchev–Trinajstić information content (AvgIpc) is 3.14. The van der Waals surface area contributed by atoms with Gasteiger partial charge in [0, 0.05) is 24.8 Å². The summed E-state index contributed by atoms with van der Waals surface area (Å²) in [7, 11) is 1.50. The van der Waals surface area contributed by atoms with Crippen LogP contribution in [0.2, 0.25) is 0 Å². The monoisotopic (exact) mass is 551 g/mol. The average molecular weight is 552 g/mol. The Morgan fingerprint density at radius 1 is 1.07 bits per heavy atom. The molecule has 8 nitrogen and oxygen atoms in total. The molecule has 210 valence electrons. The summed E-state index contributed by atoms with van der Waals surface area (Å²) >= 11 is 0. The van der Waals surface area contributed by atoms with E-state index in [9.17, 15) is 28.7 Å². The fourth-order valence-electron chi connectivity index (χ4n) is 5.55. The van der Waals surface area contributed by atoms with Gasteiger partial charge in [-0.3, -0.25) is 19.2 Å². The minimum Gasteiger partial charge on any atom is -0.481 e. The van der Waals surface area contributed by atoms with Gasteiger partial charge in [0.05, 0.1) is 12.5 Å². The van der Waals surface area contributed by atoms with Crippen molar-refractivity contribution in [1.82, 2.24) is 14.8 Å². The number of pyridine rings is 1. The lowest BCUT2D eigenvalue weighted by Crippen LogP contribution is -2.45. The van der Waals surface area contributed by atoms with Crippen molar-refractivity contribution in [3.05, 3.63) is 92.4 Å². The summed E-state index contributed by atoms with van der Waals surface area (Å²) in [6.45, 7) is 6.92. The highest BCUT2D eigenvalue weighted by Gasteiger charge is 2.44. The molecule has 40 heavy (non-hydrogen) atoms. The predicted octanol–water partition coefficient (Wildman–Crippen LogP) is 4.19. The van der Waals surface area contributed by atoms with E-state index in [1.54, 1.807) is 19.9 Å². The van der Waals surface area contributed by atoms with Crippen LogP contribution in [0.1, 0.15) is 58.4 Å². The first-order valence-electron chi connectivity index (χ1n) is 12.9. The van der Waals surface area contributed by atoms with Crippen LogP contribution < -0.4 is 10.9 Å². The van der Waals surface area contributed by atoms with E-state index in [1.165, 1.54) is 28.8 Å². The Bertz CT molecular complexity index is 1560. The van der Waals surface area contributed by atoms with E-state index >= 15 is 4.39 Å². The van der Waals surface area contributed by atoms with E-state index in [-0.39, 0.29) is 17.5 Å². The standard InChI is InChI=1S/C30H31F2N3O5/c1-15-7-6-8-16(2)25(15)19-12-20(27(32)21(31)13-19)23(14-24(36)37)35-18(4)11-22(29(35)39)33-28(38)26-17(3)9-10-34(5)30(26)40/h6-10,12-13,18,22-23H,11,14H2,1-5H3,(H,33,38)(H,36,37)/t18?,22-,23-/m0/s1. The smallest absolute Gasteiger partial charge is 0.305 e. The van der Waals surface area contributed by atoms with Gasteiger partial charge in [-0.25, -0.2) is 8.78 Å². The van der Waals surface area contributed by atoms with Crippen LogP contribution in [0.25, 0.3) is 11.1 Å². The van der Waals surface area contributed by atoms with Crippen molar-refractivity contribution >= 4 is 17.8 Å². The molecule has 10 heteroatoms. The zero-order valence-electron chi connectivity index (χ0n) is 22.9. The van der Waals surface area contributed by atoms with Gasteiger partial charge in [0.25, 0.3) is 11.5 Å². The van der Waals surface area contributed by atoms with Crippen molar-refractivity contribution in [2.24, 2.45) is 7.05 Å². The van der Waals surface area contributed by atoms with E-state index in [4.69, 9.17) is 0 Å². The summed E-state index contributed by atoms with van der Waals surface area (Å²) in [5, 5.41) is 12.3. The van der Waals surface area contributed by atoms with E-state index < -0.39 is 59.5 Å². The summed E-state index contributed by atoms with van der Waals surface area (Å²) in [6.07, 6.45) is 0.935. The molecule has 2 N–H and O–H groups in total. The number of carbonyl (C=O) groups is 3. The number of carbonyl (C=O) groups excluding carboxylic acids is 2. The number of halogens is 2. The summed E-state index contributed by atoms with van der Waals surface area (Å²) in [6, 6.07) is 6.52. The lowest BCUT2D eigenvalue weighted by molar-refractivity contribution is -0.140. The maximum Gasteiger partial charge on any atom is 0.305 e. The molecule has 1 aromatic heterocycles. The number of hydrogen-bond donors (Lipinski definition) is 2. The number of rotatable bonds is 7. The minimum atomic E-state index is -1.34. The van der Waals surface area contributed by atoms with Crippen LogP contribution in [0.3, 0.4) is 0 Å². The van der Waals surface area contributed by atoms with Crippen LogP contribution in [-0.2, 0) is 16.6 Å². The molecule has 0 bridgehead atoms. The fourth-order valence-corrected chi connectivity index (χ4v) is 5.55. The normalized spacial score (nSPS) is 17.7. The summed E-state index contributed by atoms with van der Waals surface area (Å²) in [5.74, 6) is -5.09. The number of hydrogen-bond acceptors (Lipinski definition) is 4. The molecule has 1 unspecified atom stereocenters. The minimum absolute atomic E-state index is 0.0909. The number of amides is 2. The number of aromatic nitrogens is 1. The van der Waals surface area contributed by atoms with Gasteiger partial charge in [0.1, 0.15) is 11.6 Å². The van der Waals surface area contributed by atoms with Gasteiger partial charge in [0.2, 0.25) is 5.91 Å². The Morgan fingerprint density at radius 2 is 1.73 bits per heavy atom. The molecule has 0 aliphatic carbocycles. The van der Waals surface area contributed by atoms with E-state index in [0.29, 0.717) is 16.7 Å². The van der Waals surface area contributed by atoms with Gasteiger partial charge in [-0.2, -0.15) is 0 Å². The molecule has 2 aromatic carbocycles. The van der Waals surface area contributed by atoms with E-state index in [1.807, 2.05) is 32.0 Å². The zero-order valence-corrected chi connectivity index (χ0v) is 22.9. The van der Waals surface area contributed by atoms with Gasteiger partial charge >= 0.3 is 5.97 Å². The van der Waals surface area contributed by atoms with Crippen LogP contribution in [0.15, 0.2) is 47.4 Å². The maximum atomic E-state index is 15.3. The molecule has 1 fully saturated rings. The molecule has 1 saturated heterocycles. The van der Waals surface area contributed by atoms with Gasteiger partial charge in [-0.05, 0) is 80.1 Å². The van der Waals surface area contributed by atoms with Gasteiger partial charge in [-0.1, -0.05) is 18.2 Å². The molecule has 0 spiro atoms. The number of aryl methyl sites for hydroxylation is 4. The number of carboxylic acid groups (broad SMARTS) is 1. The van der Waals surface area contributed by atoms with Crippen molar-refractivity contribution in [3.8, 4) is 11.1 Å². The number of nitrogens with zero attached hydrogens (tertiary/aromatic N) is 2. The number of benzene rings is 2. The van der Waals surface area contributed by atoms with Crippen molar-refractivity contribution in [1.29, 1.82) is 0 Å². The van der Waals surface area contributed by atoms with Gasteiger partial charge < -0.3 is 19.9 Å². The highest BCUT2D eigenvalue weighted by Crippen LogP contribution is 2.38. The molecule has 3 aromatic rings. The fraction of sp³-hybridized carbons (Fsp3) is 0.333. The molecular weight excluding hydrogens is 520 g/mol. The number of likely N-dealkylation sites (tertiary alicyclic amines) is 1. The van der Waals surface area contributed by atoms with Crippen molar-refractivity contribution in [2.75, 3.05) is 0 Å². The number of nitrogens with one attached hydrogen (secondary N) is 1. The molecular formula is C30H31F2N3O5. The van der Waals surface area contributed by atoms with Gasteiger partial charge in [-0.15, -0.1) is 0 Å². The van der Waals surface area contributed by atoms with Crippen LogP contribution in [0.5, 0.6) is 0 Å². The molecule has 4 rings (SSSR count). The highest BCUT2D eigenvalue weighted by molar-refractivity contribution is 5.99. The highest BCUT2D eigenvalue weighted by atomic mass is 19.2. The van der Waals surface area contributed by atoms with E-state index in [0.717, 1.165) is 17.2 Å². The van der Waals surface area contributed by atoms with Crippen LogP contribution in [-0.4, -0.2) is 44.4 Å². The largest absolute Gasteiger partial charge is 0.481 e. The lowest BCUT2D eigenvalue weighted by atomic mass is 9.91. The molecule has 0 saturated carbocycles. The first-order valence-corrected chi connectivity index (χ1v) is 12.9. The quantitative estimate of drug-likeness (QED) is 0.458. The third kappa shape index (κ3) is 5.25. The van der Waals surface area contributed by atoms with Gasteiger partial charge in [0.15, 0.2) is 11.6 Å². The van der Waals surface area contributed by atoms with Crippen molar-refractivity contribution in [2.45, 2.75) is 58.7 Å². The first kappa shape index (κ1) is 28.7. The van der Waals surface area contributed by atoms with Crippen LogP contribution in [0.4, 0.5) is 8.78 Å². The molecule has 2 amide bonds. The van der Waals surface area contributed by atoms with Crippen molar-refractivity contribution < 1.29 is 28.3 Å².